The third-order valence-corrected chi connectivity index (χ3v) is 4.87. The molecular weight excluding hydrogens is 314 g/mol. The van der Waals surface area contributed by atoms with E-state index in [9.17, 15) is 4.79 Å². The van der Waals surface area contributed by atoms with Crippen molar-refractivity contribution in [3.8, 4) is 0 Å². The summed E-state index contributed by atoms with van der Waals surface area (Å²) in [6, 6.07) is 0. The van der Waals surface area contributed by atoms with Crippen LogP contribution in [0, 0.1) is 5.92 Å². The quantitative estimate of drug-likeness (QED) is 0.863. The number of carbonyl (C=O) groups excluding carboxylic acids is 1. The lowest BCUT2D eigenvalue weighted by molar-refractivity contribution is 0.0950. The third-order valence-electron chi connectivity index (χ3n) is 3.29. The van der Waals surface area contributed by atoms with Crippen LogP contribution in [0.4, 0.5) is 0 Å². The Morgan fingerprint density at radius 2 is 2.33 bits per heavy atom. The topological polar surface area (TPSA) is 54.9 Å². The molecule has 4 nitrogen and oxygen atoms in total. The Kier molecular flexibility index (Phi) is 4.72. The molecular formula is C12H18BrN3OS. The lowest BCUT2D eigenvalue weighted by atomic mass is 10.1. The minimum atomic E-state index is -0.0216. The largest absolute Gasteiger partial charge is 0.351 e. The Bertz CT molecular complexity index is 421. The Morgan fingerprint density at radius 1 is 1.56 bits per heavy atom. The standard InChI is InChI=1S/C12H18BrN3OS/c1-7(2)10-11(18-16-15-10)12(17)14-6-8-3-4-9(13)5-8/h7-9H,3-6H2,1-2H3,(H,14,17). The second-order valence-corrected chi connectivity index (χ2v) is 7.18. The molecule has 0 bridgehead atoms. The predicted molar refractivity (Wildman–Crippen MR) is 76.4 cm³/mol. The molecule has 1 aromatic heterocycles. The number of halogens is 1. The Morgan fingerprint density at radius 3 is 2.94 bits per heavy atom. The van der Waals surface area contributed by atoms with Gasteiger partial charge in [-0.25, -0.2) is 0 Å². The number of amides is 1. The van der Waals surface area contributed by atoms with Gasteiger partial charge in [0.15, 0.2) is 0 Å². The van der Waals surface area contributed by atoms with Gasteiger partial charge in [0.2, 0.25) is 0 Å². The number of carbonyl (C=O) groups is 1. The molecule has 1 saturated carbocycles. The molecule has 0 aromatic carbocycles. The van der Waals surface area contributed by atoms with Crippen LogP contribution in [0.5, 0.6) is 0 Å². The molecule has 1 heterocycles. The molecule has 0 spiro atoms. The molecule has 2 rings (SSSR count). The number of rotatable bonds is 4. The lowest BCUT2D eigenvalue weighted by Gasteiger charge is -2.10. The van der Waals surface area contributed by atoms with E-state index >= 15 is 0 Å². The van der Waals surface area contributed by atoms with Gasteiger partial charge < -0.3 is 5.32 Å². The van der Waals surface area contributed by atoms with Gasteiger partial charge in [-0.3, -0.25) is 4.79 Å². The van der Waals surface area contributed by atoms with Crippen molar-refractivity contribution in [2.75, 3.05) is 6.54 Å². The molecule has 0 saturated heterocycles. The van der Waals surface area contributed by atoms with Gasteiger partial charge in [-0.15, -0.1) is 5.10 Å². The first-order chi connectivity index (χ1) is 8.58. The van der Waals surface area contributed by atoms with Crippen LogP contribution in [0.1, 0.15) is 54.4 Å². The van der Waals surface area contributed by atoms with Crippen molar-refractivity contribution in [1.29, 1.82) is 0 Å². The summed E-state index contributed by atoms with van der Waals surface area (Å²) in [5.74, 6) is 0.816. The maximum atomic E-state index is 12.1. The zero-order valence-corrected chi connectivity index (χ0v) is 13.1. The van der Waals surface area contributed by atoms with Crippen LogP contribution in [-0.2, 0) is 0 Å². The highest BCUT2D eigenvalue weighted by Gasteiger charge is 2.24. The van der Waals surface area contributed by atoms with E-state index in [2.05, 4.69) is 30.8 Å². The molecule has 2 atom stereocenters. The molecule has 1 amide bonds. The van der Waals surface area contributed by atoms with Gasteiger partial charge in [0.25, 0.3) is 5.91 Å². The smallest absolute Gasteiger partial charge is 0.264 e. The minimum Gasteiger partial charge on any atom is -0.351 e. The number of nitrogens with zero attached hydrogens (tertiary/aromatic N) is 2. The van der Waals surface area contributed by atoms with Gasteiger partial charge in [0, 0.05) is 11.4 Å². The maximum Gasteiger partial charge on any atom is 0.264 e. The third kappa shape index (κ3) is 3.29. The van der Waals surface area contributed by atoms with Crippen molar-refractivity contribution in [3.63, 3.8) is 0 Å². The number of hydrogen-bond acceptors (Lipinski definition) is 4. The van der Waals surface area contributed by atoms with E-state index in [1.54, 1.807) is 0 Å². The summed E-state index contributed by atoms with van der Waals surface area (Å²) in [4.78, 5) is 13.4. The normalized spacial score (nSPS) is 23.6. The summed E-state index contributed by atoms with van der Waals surface area (Å²) in [7, 11) is 0. The Balaban J connectivity index is 1.89. The molecule has 1 aliphatic rings. The van der Waals surface area contributed by atoms with Crippen molar-refractivity contribution >= 4 is 33.4 Å². The first-order valence-corrected chi connectivity index (χ1v) is 8.01. The van der Waals surface area contributed by atoms with E-state index in [1.165, 1.54) is 24.4 Å². The predicted octanol–water partition coefficient (Wildman–Crippen LogP) is 2.95. The highest BCUT2D eigenvalue weighted by Crippen LogP contribution is 2.30. The lowest BCUT2D eigenvalue weighted by Crippen LogP contribution is -2.28. The summed E-state index contributed by atoms with van der Waals surface area (Å²) in [6.07, 6.45) is 3.55. The van der Waals surface area contributed by atoms with Gasteiger partial charge >= 0.3 is 0 Å². The second-order valence-electron chi connectivity index (χ2n) is 5.13. The van der Waals surface area contributed by atoms with E-state index < -0.39 is 0 Å². The number of alkyl halides is 1. The van der Waals surface area contributed by atoms with E-state index in [0.717, 1.165) is 18.7 Å². The summed E-state index contributed by atoms with van der Waals surface area (Å²) in [5.41, 5.74) is 0.808. The van der Waals surface area contributed by atoms with Crippen LogP contribution in [-0.4, -0.2) is 26.9 Å². The van der Waals surface area contributed by atoms with Gasteiger partial charge in [0.1, 0.15) is 4.88 Å². The first-order valence-electron chi connectivity index (χ1n) is 6.32. The zero-order chi connectivity index (χ0) is 13.1. The van der Waals surface area contributed by atoms with E-state index in [4.69, 9.17) is 0 Å². The van der Waals surface area contributed by atoms with Crippen molar-refractivity contribution in [3.05, 3.63) is 10.6 Å². The van der Waals surface area contributed by atoms with Crippen molar-refractivity contribution in [2.45, 2.75) is 43.9 Å². The molecule has 1 N–H and O–H groups in total. The van der Waals surface area contributed by atoms with Crippen LogP contribution >= 0.6 is 27.5 Å². The maximum absolute atomic E-state index is 12.1. The number of nitrogens with one attached hydrogen (secondary N) is 1. The van der Waals surface area contributed by atoms with Crippen LogP contribution in [0.2, 0.25) is 0 Å². The molecule has 18 heavy (non-hydrogen) atoms. The van der Waals surface area contributed by atoms with E-state index in [-0.39, 0.29) is 11.8 Å². The highest BCUT2D eigenvalue weighted by atomic mass is 79.9. The van der Waals surface area contributed by atoms with Crippen LogP contribution in [0.15, 0.2) is 0 Å². The SMILES string of the molecule is CC(C)c1nnsc1C(=O)NCC1CCC(Br)C1. The fourth-order valence-electron chi connectivity index (χ4n) is 2.25. The Hall–Kier alpha value is -0.490. The second kappa shape index (κ2) is 6.10. The average molecular weight is 332 g/mol. The molecule has 1 aliphatic carbocycles. The van der Waals surface area contributed by atoms with E-state index in [1.807, 2.05) is 13.8 Å². The summed E-state index contributed by atoms with van der Waals surface area (Å²) in [5, 5.41) is 7.04. The summed E-state index contributed by atoms with van der Waals surface area (Å²) in [6.45, 7) is 4.82. The van der Waals surface area contributed by atoms with Crippen LogP contribution in [0.3, 0.4) is 0 Å². The molecule has 1 aromatic rings. The van der Waals surface area contributed by atoms with Gasteiger partial charge in [0.05, 0.1) is 5.69 Å². The fourth-order valence-corrected chi connectivity index (χ4v) is 3.78. The van der Waals surface area contributed by atoms with Gasteiger partial charge in [-0.05, 0) is 42.6 Å². The molecule has 0 aliphatic heterocycles. The first kappa shape index (κ1) is 13.9. The number of aromatic nitrogens is 2. The summed E-state index contributed by atoms with van der Waals surface area (Å²) < 4.78 is 3.88. The Labute approximate surface area is 120 Å². The molecule has 6 heteroatoms. The van der Waals surface area contributed by atoms with Crippen LogP contribution in [0.25, 0.3) is 0 Å². The average Bonchev–Trinajstić information content (AvgIpc) is 2.94. The van der Waals surface area contributed by atoms with Crippen LogP contribution < -0.4 is 5.32 Å². The molecule has 0 radical (unpaired) electrons. The fraction of sp³-hybridized carbons (Fsp3) is 0.750. The molecule has 100 valence electrons. The molecule has 1 fully saturated rings. The van der Waals surface area contributed by atoms with Crippen molar-refractivity contribution in [1.82, 2.24) is 14.9 Å². The molecule has 2 unspecified atom stereocenters. The van der Waals surface area contributed by atoms with Crippen molar-refractivity contribution in [2.24, 2.45) is 5.92 Å². The van der Waals surface area contributed by atoms with Gasteiger partial charge in [-0.2, -0.15) is 0 Å². The monoisotopic (exact) mass is 331 g/mol. The highest BCUT2D eigenvalue weighted by molar-refractivity contribution is 9.09. The zero-order valence-electron chi connectivity index (χ0n) is 10.6. The van der Waals surface area contributed by atoms with Crippen molar-refractivity contribution < 1.29 is 4.79 Å². The number of hydrogen-bond donors (Lipinski definition) is 1. The summed E-state index contributed by atoms with van der Waals surface area (Å²) >= 11 is 4.81. The minimum absolute atomic E-state index is 0.0216. The van der Waals surface area contributed by atoms with E-state index in [0.29, 0.717) is 15.6 Å². The van der Waals surface area contributed by atoms with Gasteiger partial charge in [-0.1, -0.05) is 34.3 Å².